The number of hydrogen-bond donors (Lipinski definition) is 1. The first-order valence-electron chi connectivity index (χ1n) is 8.03. The van der Waals surface area contributed by atoms with Crippen molar-refractivity contribution in [3.8, 4) is 0 Å². The molecule has 0 amide bonds. The Morgan fingerprint density at radius 2 is 1.54 bits per heavy atom. The molecule has 3 aromatic carbocycles. The molecule has 28 heavy (non-hydrogen) atoms. The Morgan fingerprint density at radius 3 is 2.18 bits per heavy atom. The Kier molecular flexibility index (Phi) is 5.72. The van der Waals surface area contributed by atoms with Gasteiger partial charge in [-0.15, -0.1) is 4.40 Å². The van der Waals surface area contributed by atoms with Crippen LogP contribution in [0.2, 0.25) is 5.02 Å². The fourth-order valence-electron chi connectivity index (χ4n) is 2.39. The number of halogens is 1. The molecule has 0 atom stereocenters. The molecular weight excluding hydrogens is 402 g/mol. The second-order valence-corrected chi connectivity index (χ2v) is 7.67. The van der Waals surface area contributed by atoms with Crippen molar-refractivity contribution >= 4 is 38.8 Å². The molecule has 9 heteroatoms. The SMILES string of the molecule is O=[N+]([O-])c1ccccc1N/C(=N\S(=O)(=O)c1ccccc1)c1ccc(Cl)cc1. The number of anilines is 1. The Labute approximate surface area is 166 Å². The van der Waals surface area contributed by atoms with Crippen LogP contribution >= 0.6 is 11.6 Å². The van der Waals surface area contributed by atoms with Crippen molar-refractivity contribution in [2.45, 2.75) is 4.90 Å². The van der Waals surface area contributed by atoms with E-state index >= 15 is 0 Å². The minimum atomic E-state index is -4.05. The highest BCUT2D eigenvalue weighted by molar-refractivity contribution is 7.90. The highest BCUT2D eigenvalue weighted by Gasteiger charge is 2.19. The van der Waals surface area contributed by atoms with E-state index in [2.05, 4.69) is 9.71 Å². The molecule has 142 valence electrons. The van der Waals surface area contributed by atoms with Crippen LogP contribution in [0.1, 0.15) is 5.56 Å². The summed E-state index contributed by atoms with van der Waals surface area (Å²) in [4.78, 5) is 10.7. The maximum absolute atomic E-state index is 12.7. The zero-order valence-corrected chi connectivity index (χ0v) is 15.9. The van der Waals surface area contributed by atoms with E-state index in [0.717, 1.165) is 0 Å². The van der Waals surface area contributed by atoms with Crippen molar-refractivity contribution in [1.29, 1.82) is 0 Å². The van der Waals surface area contributed by atoms with Gasteiger partial charge in [0.25, 0.3) is 15.7 Å². The van der Waals surface area contributed by atoms with Crippen molar-refractivity contribution in [3.63, 3.8) is 0 Å². The lowest BCUT2D eigenvalue weighted by Crippen LogP contribution is -2.17. The molecule has 0 aliphatic heterocycles. The van der Waals surface area contributed by atoms with E-state index in [0.29, 0.717) is 10.6 Å². The summed E-state index contributed by atoms with van der Waals surface area (Å²) in [5, 5.41) is 14.5. The van der Waals surface area contributed by atoms with Crippen LogP contribution in [0.3, 0.4) is 0 Å². The van der Waals surface area contributed by atoms with Crippen molar-refractivity contribution < 1.29 is 13.3 Å². The van der Waals surface area contributed by atoms with Gasteiger partial charge in [0.2, 0.25) is 0 Å². The van der Waals surface area contributed by atoms with E-state index in [9.17, 15) is 18.5 Å². The van der Waals surface area contributed by atoms with Crippen LogP contribution in [0.15, 0.2) is 88.2 Å². The smallest absolute Gasteiger partial charge is 0.292 e. The molecule has 0 spiro atoms. The van der Waals surface area contributed by atoms with Gasteiger partial charge in [0.05, 0.1) is 9.82 Å². The van der Waals surface area contributed by atoms with Crippen molar-refractivity contribution in [2.75, 3.05) is 5.32 Å². The molecule has 0 radical (unpaired) electrons. The molecule has 0 saturated heterocycles. The van der Waals surface area contributed by atoms with Gasteiger partial charge in [-0.1, -0.05) is 41.9 Å². The molecule has 3 aromatic rings. The third-order valence-corrected chi connectivity index (χ3v) is 5.27. The average molecular weight is 416 g/mol. The lowest BCUT2D eigenvalue weighted by Gasteiger charge is -2.11. The second-order valence-electron chi connectivity index (χ2n) is 5.63. The number of nitrogens with zero attached hydrogens (tertiary/aromatic N) is 2. The van der Waals surface area contributed by atoms with Gasteiger partial charge in [-0.25, -0.2) is 0 Å². The maximum atomic E-state index is 12.7. The number of rotatable bonds is 5. The molecule has 7 nitrogen and oxygen atoms in total. The highest BCUT2D eigenvalue weighted by Crippen LogP contribution is 2.25. The summed E-state index contributed by atoms with van der Waals surface area (Å²) >= 11 is 5.90. The average Bonchev–Trinajstić information content (AvgIpc) is 2.69. The number of nitrogens with one attached hydrogen (secondary N) is 1. The molecule has 0 fully saturated rings. The van der Waals surface area contributed by atoms with Crippen LogP contribution in [-0.4, -0.2) is 19.2 Å². The van der Waals surface area contributed by atoms with Crippen molar-refractivity contribution in [2.24, 2.45) is 4.40 Å². The van der Waals surface area contributed by atoms with Gasteiger partial charge in [-0.2, -0.15) is 8.42 Å². The Bertz CT molecular complexity index is 1130. The molecule has 0 aromatic heterocycles. The Hall–Kier alpha value is -3.23. The number of sulfonamides is 1. The summed E-state index contributed by atoms with van der Waals surface area (Å²) in [5.74, 6) is -0.0604. The molecule has 1 N–H and O–H groups in total. The molecule has 0 aliphatic rings. The number of amidine groups is 1. The van der Waals surface area contributed by atoms with Gasteiger partial charge in [0.15, 0.2) is 5.84 Å². The summed E-state index contributed by atoms with van der Waals surface area (Å²) < 4.78 is 29.3. The standard InChI is InChI=1S/C19H14ClN3O4S/c20-15-12-10-14(11-13-15)19(21-17-8-4-5-9-18(17)23(24)25)22-28(26,27)16-6-2-1-3-7-16/h1-13H,(H,21,22). The number of benzene rings is 3. The van der Waals surface area contributed by atoms with E-state index in [-0.39, 0.29) is 22.1 Å². The normalized spacial score (nSPS) is 11.8. The zero-order valence-electron chi connectivity index (χ0n) is 14.3. The fraction of sp³-hybridized carbons (Fsp3) is 0. The van der Waals surface area contributed by atoms with E-state index in [1.165, 1.54) is 30.3 Å². The minimum Gasteiger partial charge on any atom is -0.333 e. The quantitative estimate of drug-likeness (QED) is 0.286. The first-order chi connectivity index (χ1) is 13.4. The predicted octanol–water partition coefficient (Wildman–Crippen LogP) is 4.50. The van der Waals surface area contributed by atoms with Crippen LogP contribution in [0.4, 0.5) is 11.4 Å². The molecule has 0 saturated carbocycles. The summed E-state index contributed by atoms with van der Waals surface area (Å²) in [6.07, 6.45) is 0. The number of nitro benzene ring substituents is 1. The summed E-state index contributed by atoms with van der Waals surface area (Å²) in [5.41, 5.74) is 0.313. The lowest BCUT2D eigenvalue weighted by molar-refractivity contribution is -0.383. The Balaban J connectivity index is 2.11. The van der Waals surface area contributed by atoms with Gasteiger partial charge >= 0.3 is 0 Å². The predicted molar refractivity (Wildman–Crippen MR) is 108 cm³/mol. The summed E-state index contributed by atoms with van der Waals surface area (Å²) in [6, 6.07) is 19.9. The van der Waals surface area contributed by atoms with Crippen LogP contribution < -0.4 is 5.32 Å². The largest absolute Gasteiger partial charge is 0.333 e. The minimum absolute atomic E-state index is 0.00539. The number of nitro groups is 1. The van der Waals surface area contributed by atoms with Gasteiger partial charge in [0.1, 0.15) is 5.69 Å². The molecular formula is C19H14ClN3O4S. The van der Waals surface area contributed by atoms with E-state index in [1.807, 2.05) is 0 Å². The zero-order chi connectivity index (χ0) is 20.1. The first kappa shape index (κ1) is 19.5. The topological polar surface area (TPSA) is 102 Å². The summed E-state index contributed by atoms with van der Waals surface area (Å²) in [6.45, 7) is 0. The van der Waals surface area contributed by atoms with Gasteiger partial charge in [0, 0.05) is 16.7 Å². The number of para-hydroxylation sites is 2. The third-order valence-electron chi connectivity index (χ3n) is 3.72. The van der Waals surface area contributed by atoms with Crippen molar-refractivity contribution in [3.05, 3.63) is 99.6 Å². The first-order valence-corrected chi connectivity index (χ1v) is 9.85. The van der Waals surface area contributed by atoms with E-state index in [1.54, 1.807) is 48.5 Å². The molecule has 0 aliphatic carbocycles. The van der Waals surface area contributed by atoms with Gasteiger partial charge in [-0.3, -0.25) is 10.1 Å². The third kappa shape index (κ3) is 4.54. The number of hydrogen-bond acceptors (Lipinski definition) is 4. The van der Waals surface area contributed by atoms with Gasteiger partial charge < -0.3 is 5.32 Å². The monoisotopic (exact) mass is 415 g/mol. The lowest BCUT2D eigenvalue weighted by atomic mass is 10.2. The van der Waals surface area contributed by atoms with Crippen LogP contribution in [-0.2, 0) is 10.0 Å². The summed E-state index contributed by atoms with van der Waals surface area (Å²) in [7, 11) is -4.05. The van der Waals surface area contributed by atoms with Crippen LogP contribution in [0.25, 0.3) is 0 Å². The van der Waals surface area contributed by atoms with Gasteiger partial charge in [-0.05, 0) is 42.5 Å². The highest BCUT2D eigenvalue weighted by atomic mass is 35.5. The fourth-order valence-corrected chi connectivity index (χ4v) is 3.51. The second kappa shape index (κ2) is 8.20. The molecule has 0 heterocycles. The molecule has 3 rings (SSSR count). The Morgan fingerprint density at radius 1 is 0.929 bits per heavy atom. The maximum Gasteiger partial charge on any atom is 0.292 e. The molecule has 0 bridgehead atoms. The van der Waals surface area contributed by atoms with Crippen molar-refractivity contribution in [1.82, 2.24) is 0 Å². The molecule has 0 unspecified atom stereocenters. The van der Waals surface area contributed by atoms with E-state index in [4.69, 9.17) is 11.6 Å². The van der Waals surface area contributed by atoms with E-state index < -0.39 is 14.9 Å². The van der Waals surface area contributed by atoms with Crippen LogP contribution in [0, 0.1) is 10.1 Å². The van der Waals surface area contributed by atoms with Crippen LogP contribution in [0.5, 0.6) is 0 Å².